The predicted octanol–water partition coefficient (Wildman–Crippen LogP) is 1.99. The minimum absolute atomic E-state index is 0.344. The molecule has 0 spiro atoms. The average Bonchev–Trinajstić information content (AvgIpc) is 2.89. The highest BCUT2D eigenvalue weighted by molar-refractivity contribution is 7.13. The number of aromatic nitrogens is 3. The first-order chi connectivity index (χ1) is 7.31. The Morgan fingerprint density at radius 2 is 2.47 bits per heavy atom. The van der Waals surface area contributed by atoms with Crippen LogP contribution < -0.4 is 5.73 Å². The maximum Gasteiger partial charge on any atom is 0.191 e. The summed E-state index contributed by atoms with van der Waals surface area (Å²) in [5, 5.41) is 9.19. The van der Waals surface area contributed by atoms with Gasteiger partial charge in [-0.1, -0.05) is 13.0 Å². The Kier molecular flexibility index (Phi) is 3.13. The number of thiophene rings is 1. The summed E-state index contributed by atoms with van der Waals surface area (Å²) in [6, 6.07) is 4.02. The van der Waals surface area contributed by atoms with E-state index in [2.05, 4.69) is 22.1 Å². The summed E-state index contributed by atoms with van der Waals surface area (Å²) in [4.78, 5) is 5.55. The minimum Gasteiger partial charge on any atom is -0.330 e. The normalized spacial score (nSPS) is 12.9. The fourth-order valence-corrected chi connectivity index (χ4v) is 2.05. The van der Waals surface area contributed by atoms with Crippen molar-refractivity contribution in [1.82, 2.24) is 15.2 Å². The van der Waals surface area contributed by atoms with Gasteiger partial charge in [-0.25, -0.2) is 4.98 Å². The van der Waals surface area contributed by atoms with Crippen LogP contribution in [-0.4, -0.2) is 21.7 Å². The highest BCUT2D eigenvalue weighted by Crippen LogP contribution is 2.22. The van der Waals surface area contributed by atoms with Crippen molar-refractivity contribution in [2.75, 3.05) is 6.54 Å². The summed E-state index contributed by atoms with van der Waals surface area (Å²) >= 11 is 1.64. The third kappa shape index (κ3) is 2.24. The number of aromatic amines is 1. The van der Waals surface area contributed by atoms with Gasteiger partial charge >= 0.3 is 0 Å². The van der Waals surface area contributed by atoms with E-state index in [-0.39, 0.29) is 0 Å². The average molecular weight is 222 g/mol. The monoisotopic (exact) mass is 222 g/mol. The fraction of sp³-hybridized carbons (Fsp3) is 0.400. The molecule has 0 saturated heterocycles. The quantitative estimate of drug-likeness (QED) is 0.831. The van der Waals surface area contributed by atoms with Gasteiger partial charge in [0.1, 0.15) is 5.82 Å². The van der Waals surface area contributed by atoms with E-state index in [1.54, 1.807) is 11.3 Å². The van der Waals surface area contributed by atoms with Crippen molar-refractivity contribution >= 4 is 11.3 Å². The van der Waals surface area contributed by atoms with E-state index in [0.717, 1.165) is 22.9 Å². The van der Waals surface area contributed by atoms with Crippen LogP contribution in [0.1, 0.15) is 25.1 Å². The number of nitrogens with zero attached hydrogens (tertiary/aromatic N) is 2. The zero-order valence-corrected chi connectivity index (χ0v) is 9.42. The van der Waals surface area contributed by atoms with E-state index >= 15 is 0 Å². The molecule has 2 heterocycles. The molecule has 0 amide bonds. The second kappa shape index (κ2) is 4.55. The lowest BCUT2D eigenvalue weighted by Gasteiger charge is -2.03. The Bertz CT molecular complexity index is 407. The molecule has 0 aromatic carbocycles. The summed E-state index contributed by atoms with van der Waals surface area (Å²) in [5.41, 5.74) is 5.51. The van der Waals surface area contributed by atoms with E-state index in [1.165, 1.54) is 0 Å². The number of rotatable bonds is 4. The molecule has 1 unspecified atom stereocenters. The lowest BCUT2D eigenvalue weighted by Crippen LogP contribution is -2.05. The van der Waals surface area contributed by atoms with Crippen molar-refractivity contribution < 1.29 is 0 Å². The summed E-state index contributed by atoms with van der Waals surface area (Å²) < 4.78 is 0. The topological polar surface area (TPSA) is 67.6 Å². The second-order valence-electron chi connectivity index (χ2n) is 3.50. The van der Waals surface area contributed by atoms with Crippen LogP contribution in [0.15, 0.2) is 17.5 Å². The van der Waals surface area contributed by atoms with Gasteiger partial charge in [0.05, 0.1) is 4.88 Å². The number of nitrogens with one attached hydrogen (secondary N) is 1. The molecular weight excluding hydrogens is 208 g/mol. The first-order valence-corrected chi connectivity index (χ1v) is 5.85. The van der Waals surface area contributed by atoms with Gasteiger partial charge in [-0.05, 0) is 24.4 Å². The van der Waals surface area contributed by atoms with Crippen LogP contribution in [0, 0.1) is 0 Å². The summed E-state index contributed by atoms with van der Waals surface area (Å²) in [6.07, 6.45) is 0.930. The van der Waals surface area contributed by atoms with Crippen LogP contribution in [0.5, 0.6) is 0 Å². The lowest BCUT2D eigenvalue weighted by atomic mass is 10.1. The minimum atomic E-state index is 0.344. The van der Waals surface area contributed by atoms with Gasteiger partial charge in [0.15, 0.2) is 5.82 Å². The molecule has 2 rings (SSSR count). The van der Waals surface area contributed by atoms with Crippen molar-refractivity contribution in [2.45, 2.75) is 19.3 Å². The van der Waals surface area contributed by atoms with Crippen molar-refractivity contribution in [1.29, 1.82) is 0 Å². The van der Waals surface area contributed by atoms with Crippen LogP contribution in [0.25, 0.3) is 10.7 Å². The van der Waals surface area contributed by atoms with Crippen LogP contribution >= 0.6 is 11.3 Å². The standard InChI is InChI=1S/C10H14N4S/c1-7(4-5-11)9-12-10(14-13-9)8-3-2-6-15-8/h2-3,6-7H,4-5,11H2,1H3,(H,12,13,14). The molecule has 0 saturated carbocycles. The summed E-state index contributed by atoms with van der Waals surface area (Å²) in [5.74, 6) is 2.05. The van der Waals surface area contributed by atoms with Gasteiger partial charge in [0.2, 0.25) is 0 Å². The van der Waals surface area contributed by atoms with Crippen molar-refractivity contribution in [2.24, 2.45) is 5.73 Å². The number of nitrogens with two attached hydrogens (primary N) is 1. The van der Waals surface area contributed by atoms with E-state index in [4.69, 9.17) is 5.73 Å². The molecule has 2 aromatic rings. The lowest BCUT2D eigenvalue weighted by molar-refractivity contribution is 0.650. The zero-order chi connectivity index (χ0) is 10.7. The van der Waals surface area contributed by atoms with Crippen molar-refractivity contribution in [3.8, 4) is 10.7 Å². The smallest absolute Gasteiger partial charge is 0.191 e. The molecule has 0 radical (unpaired) electrons. The van der Waals surface area contributed by atoms with Gasteiger partial charge in [-0.15, -0.1) is 11.3 Å². The molecule has 4 nitrogen and oxygen atoms in total. The Labute approximate surface area is 92.5 Å². The highest BCUT2D eigenvalue weighted by Gasteiger charge is 2.11. The molecule has 15 heavy (non-hydrogen) atoms. The fourth-order valence-electron chi connectivity index (χ4n) is 1.40. The Hall–Kier alpha value is -1.20. The van der Waals surface area contributed by atoms with Crippen LogP contribution in [0.3, 0.4) is 0 Å². The van der Waals surface area contributed by atoms with E-state index in [1.807, 2.05) is 17.5 Å². The maximum atomic E-state index is 5.51. The predicted molar refractivity (Wildman–Crippen MR) is 61.8 cm³/mol. The number of hydrogen-bond acceptors (Lipinski definition) is 4. The molecule has 0 bridgehead atoms. The third-order valence-corrected chi connectivity index (χ3v) is 3.18. The molecule has 0 fully saturated rings. The SMILES string of the molecule is CC(CCN)c1nc(-c2cccs2)n[nH]1. The molecule has 80 valence electrons. The number of H-pyrrole nitrogens is 1. The Balaban J connectivity index is 2.17. The van der Waals surface area contributed by atoms with Crippen LogP contribution in [-0.2, 0) is 0 Å². The molecule has 0 aliphatic heterocycles. The Morgan fingerprint density at radius 3 is 3.13 bits per heavy atom. The van der Waals surface area contributed by atoms with Crippen molar-refractivity contribution in [3.05, 3.63) is 23.3 Å². The maximum absolute atomic E-state index is 5.51. The molecule has 0 aliphatic rings. The summed E-state index contributed by atoms with van der Waals surface area (Å²) in [7, 11) is 0. The third-order valence-electron chi connectivity index (χ3n) is 2.31. The van der Waals surface area contributed by atoms with Crippen LogP contribution in [0.2, 0.25) is 0 Å². The second-order valence-corrected chi connectivity index (χ2v) is 4.45. The zero-order valence-electron chi connectivity index (χ0n) is 8.60. The van der Waals surface area contributed by atoms with Gasteiger partial charge < -0.3 is 5.73 Å². The van der Waals surface area contributed by atoms with Gasteiger partial charge in [0, 0.05) is 5.92 Å². The van der Waals surface area contributed by atoms with E-state index in [9.17, 15) is 0 Å². The van der Waals surface area contributed by atoms with Gasteiger partial charge in [0.25, 0.3) is 0 Å². The molecule has 2 aromatic heterocycles. The largest absolute Gasteiger partial charge is 0.330 e. The molecule has 0 aliphatic carbocycles. The molecular formula is C10H14N4S. The Morgan fingerprint density at radius 1 is 1.60 bits per heavy atom. The first kappa shape index (κ1) is 10.3. The highest BCUT2D eigenvalue weighted by atomic mass is 32.1. The molecule has 5 heteroatoms. The van der Waals surface area contributed by atoms with E-state index in [0.29, 0.717) is 12.5 Å². The van der Waals surface area contributed by atoms with Gasteiger partial charge in [-0.2, -0.15) is 5.10 Å². The van der Waals surface area contributed by atoms with E-state index < -0.39 is 0 Å². The number of hydrogen-bond donors (Lipinski definition) is 2. The first-order valence-electron chi connectivity index (χ1n) is 4.97. The van der Waals surface area contributed by atoms with Crippen molar-refractivity contribution in [3.63, 3.8) is 0 Å². The molecule has 3 N–H and O–H groups in total. The van der Waals surface area contributed by atoms with Gasteiger partial charge in [-0.3, -0.25) is 5.10 Å². The summed E-state index contributed by atoms with van der Waals surface area (Å²) in [6.45, 7) is 2.78. The van der Waals surface area contributed by atoms with Crippen LogP contribution in [0.4, 0.5) is 0 Å². The molecule has 1 atom stereocenters.